The number of carbonyl (C=O) groups is 3. The van der Waals surface area contributed by atoms with E-state index in [4.69, 9.17) is 18.9 Å². The van der Waals surface area contributed by atoms with Crippen LogP contribution in [0.15, 0.2) is 41.0 Å². The summed E-state index contributed by atoms with van der Waals surface area (Å²) in [5.41, 5.74) is 0. The van der Waals surface area contributed by atoms with Crippen LogP contribution in [0.3, 0.4) is 0 Å². The van der Waals surface area contributed by atoms with Crippen LogP contribution in [0.2, 0.25) is 0 Å². The average Bonchev–Trinajstić information content (AvgIpc) is 2.61. The first-order chi connectivity index (χ1) is 14.0. The molecule has 12 heteroatoms. The van der Waals surface area contributed by atoms with Crippen molar-refractivity contribution in [3.05, 3.63) is 36.1 Å². The van der Waals surface area contributed by atoms with Gasteiger partial charge in [0.1, 0.15) is 18.5 Å². The van der Waals surface area contributed by atoms with Gasteiger partial charge in [0.15, 0.2) is 18.1 Å². The van der Waals surface area contributed by atoms with E-state index in [0.29, 0.717) is 0 Å². The fraction of sp³-hybridized carbons (Fsp3) is 0.389. The predicted molar refractivity (Wildman–Crippen MR) is 99.1 cm³/mol. The smallest absolute Gasteiger partial charge is 0.307 e. The maximum atomic E-state index is 12.7. The Bertz CT molecular complexity index is 938. The highest BCUT2D eigenvalue weighted by Gasteiger charge is 2.38. The summed E-state index contributed by atoms with van der Waals surface area (Å²) in [5.74, 6) is -2.46. The highest BCUT2D eigenvalue weighted by atomic mass is 32.2. The van der Waals surface area contributed by atoms with Crippen molar-refractivity contribution in [1.82, 2.24) is 4.72 Å². The molecule has 3 atom stereocenters. The Hall–Kier alpha value is -2.96. The lowest BCUT2D eigenvalue weighted by atomic mass is 10.1. The Morgan fingerprint density at radius 2 is 1.70 bits per heavy atom. The molecule has 0 saturated heterocycles. The van der Waals surface area contributed by atoms with Crippen LogP contribution < -0.4 is 4.72 Å². The summed E-state index contributed by atoms with van der Waals surface area (Å²) in [7, 11) is -4.17. The van der Waals surface area contributed by atoms with Crippen LogP contribution in [-0.2, 0) is 43.4 Å². The third-order valence-corrected chi connectivity index (χ3v) is 5.11. The number of hydrogen-bond acceptors (Lipinski definition) is 10. The molecule has 1 aliphatic heterocycles. The van der Waals surface area contributed by atoms with Crippen molar-refractivity contribution in [2.24, 2.45) is 0 Å². The molecule has 1 unspecified atom stereocenters. The maximum absolute atomic E-state index is 12.7. The topological polar surface area (TPSA) is 155 Å². The number of phenolic OH excluding ortho intramolecular Hbond substituents is 1. The van der Waals surface area contributed by atoms with Gasteiger partial charge in [-0.3, -0.25) is 14.4 Å². The minimum absolute atomic E-state index is 0.131. The molecule has 2 rings (SSSR count). The first-order valence-corrected chi connectivity index (χ1v) is 10.1. The molecule has 0 radical (unpaired) electrons. The number of phenols is 1. The van der Waals surface area contributed by atoms with Gasteiger partial charge in [-0.15, -0.1) is 0 Å². The van der Waals surface area contributed by atoms with Crippen LogP contribution in [0.1, 0.15) is 20.8 Å². The summed E-state index contributed by atoms with van der Waals surface area (Å²) in [6, 6.07) is 4.68. The van der Waals surface area contributed by atoms with Gasteiger partial charge in [-0.1, -0.05) is 0 Å². The molecule has 1 heterocycles. The Labute approximate surface area is 172 Å². The van der Waals surface area contributed by atoms with Gasteiger partial charge in [-0.25, -0.2) is 8.42 Å². The number of sulfonamides is 1. The lowest BCUT2D eigenvalue weighted by Crippen LogP contribution is -2.50. The normalized spacial score (nSPS) is 21.3. The van der Waals surface area contributed by atoms with E-state index < -0.39 is 46.4 Å². The van der Waals surface area contributed by atoms with Crippen molar-refractivity contribution in [3.63, 3.8) is 0 Å². The molecule has 0 bridgehead atoms. The maximum Gasteiger partial charge on any atom is 0.307 e. The van der Waals surface area contributed by atoms with Gasteiger partial charge in [0, 0.05) is 26.8 Å². The van der Waals surface area contributed by atoms with Crippen molar-refractivity contribution in [3.8, 4) is 5.75 Å². The van der Waals surface area contributed by atoms with Crippen molar-refractivity contribution in [1.29, 1.82) is 0 Å². The van der Waals surface area contributed by atoms with E-state index in [1.165, 1.54) is 18.2 Å². The molecule has 0 fully saturated rings. The van der Waals surface area contributed by atoms with Gasteiger partial charge >= 0.3 is 17.9 Å². The number of aromatic hydroxyl groups is 1. The van der Waals surface area contributed by atoms with E-state index in [1.807, 2.05) is 0 Å². The quantitative estimate of drug-likeness (QED) is 0.445. The summed E-state index contributed by atoms with van der Waals surface area (Å²) in [6.07, 6.45) is -2.47. The Morgan fingerprint density at radius 3 is 2.23 bits per heavy atom. The summed E-state index contributed by atoms with van der Waals surface area (Å²) in [6.45, 7) is 3.05. The van der Waals surface area contributed by atoms with E-state index in [-0.39, 0.29) is 23.0 Å². The average molecular weight is 443 g/mol. The standard InChI is InChI=1S/C18H21NO10S/c1-10(20)26-9-17-15(27-11(2)21)8-16(28-12(3)22)18(29-17)19-30(24,25)14-6-4-13(23)5-7-14/h4-8,15,17-19,23H,9H2,1-3H3/t15-,17+,18?/m0/s1. The minimum Gasteiger partial charge on any atom is -0.508 e. The molecule has 1 aromatic carbocycles. The zero-order chi connectivity index (χ0) is 22.5. The number of ether oxygens (including phenoxy) is 4. The molecule has 2 N–H and O–H groups in total. The second kappa shape index (κ2) is 9.69. The van der Waals surface area contributed by atoms with Crippen LogP contribution in [0.25, 0.3) is 0 Å². The lowest BCUT2D eigenvalue weighted by Gasteiger charge is -2.34. The van der Waals surface area contributed by atoms with Crippen LogP contribution in [0.5, 0.6) is 5.75 Å². The fourth-order valence-corrected chi connectivity index (χ4v) is 3.57. The van der Waals surface area contributed by atoms with Crippen molar-refractivity contribution in [2.45, 2.75) is 44.1 Å². The SMILES string of the molecule is CC(=O)OC[C@H]1OC(NS(=O)(=O)c2ccc(O)cc2)C(OC(C)=O)=C[C@@H]1OC(C)=O. The zero-order valence-corrected chi connectivity index (χ0v) is 17.2. The number of carbonyl (C=O) groups excluding carboxylic acids is 3. The molecular formula is C18H21NO10S. The fourth-order valence-electron chi connectivity index (χ4n) is 2.48. The molecule has 1 aliphatic rings. The number of nitrogens with one attached hydrogen (secondary N) is 1. The lowest BCUT2D eigenvalue weighted by molar-refractivity contribution is -0.169. The second-order valence-electron chi connectivity index (χ2n) is 6.21. The van der Waals surface area contributed by atoms with Gasteiger partial charge in [0.2, 0.25) is 10.0 Å². The van der Waals surface area contributed by atoms with Crippen LogP contribution >= 0.6 is 0 Å². The Kier molecular flexibility index (Phi) is 7.54. The molecule has 11 nitrogen and oxygen atoms in total. The Balaban J connectivity index is 2.35. The number of benzene rings is 1. The van der Waals surface area contributed by atoms with Crippen LogP contribution in [-0.4, -0.2) is 56.5 Å². The first kappa shape index (κ1) is 23.3. The van der Waals surface area contributed by atoms with E-state index in [9.17, 15) is 27.9 Å². The minimum atomic E-state index is -4.17. The van der Waals surface area contributed by atoms with E-state index >= 15 is 0 Å². The van der Waals surface area contributed by atoms with Crippen molar-refractivity contribution < 1.29 is 46.9 Å². The first-order valence-electron chi connectivity index (χ1n) is 8.65. The molecule has 30 heavy (non-hydrogen) atoms. The summed E-state index contributed by atoms with van der Waals surface area (Å²) >= 11 is 0. The van der Waals surface area contributed by atoms with Gasteiger partial charge in [0.25, 0.3) is 0 Å². The van der Waals surface area contributed by atoms with E-state index in [1.54, 1.807) is 0 Å². The van der Waals surface area contributed by atoms with Crippen LogP contribution in [0, 0.1) is 0 Å². The monoisotopic (exact) mass is 443 g/mol. The number of esters is 3. The number of rotatable bonds is 7. The number of hydrogen-bond donors (Lipinski definition) is 2. The Morgan fingerprint density at radius 1 is 1.07 bits per heavy atom. The highest BCUT2D eigenvalue weighted by Crippen LogP contribution is 2.24. The molecular weight excluding hydrogens is 422 g/mol. The predicted octanol–water partition coefficient (Wildman–Crippen LogP) is 0.337. The molecule has 0 amide bonds. The summed E-state index contributed by atoms with van der Waals surface area (Å²) in [4.78, 5) is 33.8. The van der Waals surface area contributed by atoms with Crippen LogP contribution in [0.4, 0.5) is 0 Å². The van der Waals surface area contributed by atoms with Gasteiger partial charge < -0.3 is 24.1 Å². The summed E-state index contributed by atoms with van der Waals surface area (Å²) < 4.78 is 48.2. The van der Waals surface area contributed by atoms with E-state index in [2.05, 4.69) is 4.72 Å². The van der Waals surface area contributed by atoms with Gasteiger partial charge in [0.05, 0.1) is 4.90 Å². The third-order valence-electron chi connectivity index (χ3n) is 3.69. The molecule has 1 aromatic rings. The van der Waals surface area contributed by atoms with Crippen molar-refractivity contribution in [2.75, 3.05) is 6.61 Å². The largest absolute Gasteiger partial charge is 0.508 e. The third kappa shape index (κ3) is 6.54. The molecule has 0 spiro atoms. The molecule has 0 aliphatic carbocycles. The zero-order valence-electron chi connectivity index (χ0n) is 16.4. The highest BCUT2D eigenvalue weighted by molar-refractivity contribution is 7.89. The van der Waals surface area contributed by atoms with E-state index in [0.717, 1.165) is 32.9 Å². The van der Waals surface area contributed by atoms with Gasteiger partial charge in [-0.2, -0.15) is 4.72 Å². The van der Waals surface area contributed by atoms with Gasteiger partial charge in [-0.05, 0) is 24.3 Å². The molecule has 0 saturated carbocycles. The van der Waals surface area contributed by atoms with Crippen molar-refractivity contribution >= 4 is 27.9 Å². The second-order valence-corrected chi connectivity index (χ2v) is 7.92. The molecule has 0 aromatic heterocycles. The summed E-state index contributed by atoms with van der Waals surface area (Å²) in [5, 5.41) is 9.34. The molecule has 164 valence electrons.